The predicted molar refractivity (Wildman–Crippen MR) is 138 cm³/mol. The number of anilines is 1. The maximum Gasteiger partial charge on any atom is 0.254 e. The minimum Gasteiger partial charge on any atom is -0.459 e. The number of para-hydroxylation sites is 1. The van der Waals surface area contributed by atoms with E-state index in [1.807, 2.05) is 37.4 Å². The number of nitrogens with one attached hydrogen (secondary N) is 2. The van der Waals surface area contributed by atoms with E-state index in [0.29, 0.717) is 30.9 Å². The number of carbonyl (C=O) groups is 1. The molecular weight excluding hydrogens is 464 g/mol. The van der Waals surface area contributed by atoms with E-state index in [0.717, 1.165) is 36.2 Å². The number of hydrogen-bond acceptors (Lipinski definition) is 6. The number of amides is 1. The molecular formula is C26H34N4O4S. The summed E-state index contributed by atoms with van der Waals surface area (Å²) in [6, 6.07) is 14.4. The van der Waals surface area contributed by atoms with Crippen molar-refractivity contribution in [2.24, 2.45) is 0 Å². The van der Waals surface area contributed by atoms with E-state index in [-0.39, 0.29) is 10.8 Å². The second kappa shape index (κ2) is 10.0. The number of fused-ring (bicyclic) bond motifs is 1. The molecule has 2 aromatic carbocycles. The summed E-state index contributed by atoms with van der Waals surface area (Å²) in [5.74, 6) is 0.551. The molecule has 3 aromatic rings. The zero-order valence-electron chi connectivity index (χ0n) is 20.8. The van der Waals surface area contributed by atoms with Gasteiger partial charge >= 0.3 is 0 Å². The van der Waals surface area contributed by atoms with Crippen LogP contribution in [-0.4, -0.2) is 62.9 Å². The lowest BCUT2D eigenvalue weighted by atomic mass is 10.1. The molecule has 4 rings (SSSR count). The number of furan rings is 1. The Hall–Kier alpha value is -2.88. The lowest BCUT2D eigenvalue weighted by molar-refractivity contribution is 0.0762. The standard InChI is InChI=1S/C26H34N4O4S/c1-26(2,3)28-35(32,33)23-16-20(25(31)30-11-7-10-29(4)12-13-30)14-21(17-23)27-18-22-15-19-8-5-6-9-24(19)34-22/h5-6,8-9,14-17,27-28H,7,10-13,18H2,1-4H3. The number of sulfonamides is 1. The third kappa shape index (κ3) is 6.42. The van der Waals surface area contributed by atoms with Crippen molar-refractivity contribution in [3.63, 3.8) is 0 Å². The second-order valence-electron chi connectivity index (χ2n) is 10.2. The van der Waals surface area contributed by atoms with Crippen molar-refractivity contribution in [1.82, 2.24) is 14.5 Å². The molecule has 0 spiro atoms. The number of benzene rings is 2. The fraction of sp³-hybridized carbons (Fsp3) is 0.423. The summed E-state index contributed by atoms with van der Waals surface area (Å²) in [4.78, 5) is 17.5. The van der Waals surface area contributed by atoms with Crippen molar-refractivity contribution in [1.29, 1.82) is 0 Å². The Morgan fingerprint density at radius 1 is 1.03 bits per heavy atom. The molecule has 0 bridgehead atoms. The van der Waals surface area contributed by atoms with Gasteiger partial charge in [0.1, 0.15) is 11.3 Å². The van der Waals surface area contributed by atoms with Crippen LogP contribution in [0.15, 0.2) is 57.8 Å². The summed E-state index contributed by atoms with van der Waals surface area (Å²) in [6.07, 6.45) is 0.878. The molecule has 1 aromatic heterocycles. The molecule has 2 N–H and O–H groups in total. The van der Waals surface area contributed by atoms with Crippen LogP contribution >= 0.6 is 0 Å². The minimum absolute atomic E-state index is 0.0531. The minimum atomic E-state index is -3.84. The lowest BCUT2D eigenvalue weighted by Crippen LogP contribution is -2.40. The monoisotopic (exact) mass is 498 g/mol. The van der Waals surface area contributed by atoms with Gasteiger partial charge in [-0.3, -0.25) is 4.79 Å². The molecule has 2 heterocycles. The number of likely N-dealkylation sites (N-methyl/N-ethyl adjacent to an activating group) is 1. The first-order valence-electron chi connectivity index (χ1n) is 11.9. The first kappa shape index (κ1) is 25.2. The maximum atomic E-state index is 13.4. The van der Waals surface area contributed by atoms with Gasteiger partial charge < -0.3 is 19.5 Å². The summed E-state index contributed by atoms with van der Waals surface area (Å²) in [5, 5.41) is 4.25. The van der Waals surface area contributed by atoms with E-state index in [1.54, 1.807) is 37.8 Å². The van der Waals surface area contributed by atoms with Gasteiger partial charge in [0, 0.05) is 41.8 Å². The Bertz CT molecular complexity index is 1280. The van der Waals surface area contributed by atoms with E-state index in [9.17, 15) is 13.2 Å². The molecule has 1 aliphatic rings. The summed E-state index contributed by atoms with van der Waals surface area (Å²) >= 11 is 0. The van der Waals surface area contributed by atoms with Gasteiger partial charge in [0.25, 0.3) is 5.91 Å². The summed E-state index contributed by atoms with van der Waals surface area (Å²) in [7, 11) is -1.80. The Kier molecular flexibility index (Phi) is 7.21. The molecule has 0 radical (unpaired) electrons. The number of nitrogens with zero attached hydrogens (tertiary/aromatic N) is 2. The van der Waals surface area contributed by atoms with Crippen molar-refractivity contribution >= 4 is 32.6 Å². The van der Waals surface area contributed by atoms with E-state index in [4.69, 9.17) is 4.42 Å². The van der Waals surface area contributed by atoms with Crippen LogP contribution in [0.2, 0.25) is 0 Å². The van der Waals surface area contributed by atoms with Crippen molar-refractivity contribution in [3.05, 3.63) is 59.9 Å². The van der Waals surface area contributed by atoms with E-state index in [2.05, 4.69) is 14.9 Å². The number of carbonyl (C=O) groups excluding carboxylic acids is 1. The highest BCUT2D eigenvalue weighted by molar-refractivity contribution is 7.89. The van der Waals surface area contributed by atoms with Crippen molar-refractivity contribution in [2.75, 3.05) is 38.5 Å². The average Bonchev–Trinajstić information content (AvgIpc) is 3.08. The van der Waals surface area contributed by atoms with Crippen molar-refractivity contribution in [3.8, 4) is 0 Å². The van der Waals surface area contributed by atoms with E-state index in [1.165, 1.54) is 6.07 Å². The van der Waals surface area contributed by atoms with E-state index < -0.39 is 15.6 Å². The molecule has 0 unspecified atom stereocenters. The molecule has 1 fully saturated rings. The molecule has 9 heteroatoms. The smallest absolute Gasteiger partial charge is 0.254 e. The fourth-order valence-corrected chi connectivity index (χ4v) is 5.68. The highest BCUT2D eigenvalue weighted by atomic mass is 32.2. The normalized spacial score (nSPS) is 15.8. The van der Waals surface area contributed by atoms with Crippen LogP contribution in [0.4, 0.5) is 5.69 Å². The second-order valence-corrected chi connectivity index (χ2v) is 11.8. The van der Waals surface area contributed by atoms with Gasteiger partial charge in [-0.25, -0.2) is 13.1 Å². The van der Waals surface area contributed by atoms with Crippen LogP contribution in [0.25, 0.3) is 11.0 Å². The first-order chi connectivity index (χ1) is 16.5. The summed E-state index contributed by atoms with van der Waals surface area (Å²) < 4.78 is 34.9. The Morgan fingerprint density at radius 3 is 2.54 bits per heavy atom. The van der Waals surface area contributed by atoms with Gasteiger partial charge in [0.2, 0.25) is 10.0 Å². The Morgan fingerprint density at radius 2 is 1.80 bits per heavy atom. The molecule has 0 atom stereocenters. The molecule has 1 aliphatic heterocycles. The number of hydrogen-bond donors (Lipinski definition) is 2. The Balaban J connectivity index is 1.64. The topological polar surface area (TPSA) is 94.9 Å². The van der Waals surface area contributed by atoms with Crippen molar-refractivity contribution in [2.45, 2.75) is 44.2 Å². The number of rotatable bonds is 6. The maximum absolute atomic E-state index is 13.4. The van der Waals surface area contributed by atoms with Crippen LogP contribution in [0.5, 0.6) is 0 Å². The molecule has 8 nitrogen and oxygen atoms in total. The van der Waals surface area contributed by atoms with Gasteiger partial charge in [-0.05, 0) is 71.1 Å². The van der Waals surface area contributed by atoms with Crippen molar-refractivity contribution < 1.29 is 17.6 Å². The molecule has 188 valence electrons. The highest BCUT2D eigenvalue weighted by Gasteiger charge is 2.26. The molecule has 1 saturated heterocycles. The van der Waals surface area contributed by atoms with Crippen LogP contribution in [0.3, 0.4) is 0 Å². The van der Waals surface area contributed by atoms with Crippen LogP contribution in [0, 0.1) is 0 Å². The third-order valence-corrected chi connectivity index (χ3v) is 7.59. The quantitative estimate of drug-likeness (QED) is 0.535. The molecule has 0 saturated carbocycles. The van der Waals surface area contributed by atoms with Crippen LogP contribution in [-0.2, 0) is 16.6 Å². The Labute approximate surface area is 207 Å². The zero-order chi connectivity index (χ0) is 25.2. The molecule has 0 aliphatic carbocycles. The summed E-state index contributed by atoms with van der Waals surface area (Å²) in [5.41, 5.74) is 1.02. The fourth-order valence-electron chi connectivity index (χ4n) is 4.19. The van der Waals surface area contributed by atoms with E-state index >= 15 is 0 Å². The lowest BCUT2D eigenvalue weighted by Gasteiger charge is -2.23. The zero-order valence-corrected chi connectivity index (χ0v) is 21.6. The largest absolute Gasteiger partial charge is 0.459 e. The van der Waals surface area contributed by atoms with Gasteiger partial charge in [0.15, 0.2) is 0 Å². The average molecular weight is 499 g/mol. The molecule has 35 heavy (non-hydrogen) atoms. The van der Waals surface area contributed by atoms with Gasteiger partial charge in [-0.15, -0.1) is 0 Å². The highest BCUT2D eigenvalue weighted by Crippen LogP contribution is 2.24. The summed E-state index contributed by atoms with van der Waals surface area (Å²) in [6.45, 7) is 8.67. The predicted octanol–water partition coefficient (Wildman–Crippen LogP) is 3.90. The van der Waals surface area contributed by atoms with Crippen LogP contribution < -0.4 is 10.0 Å². The van der Waals surface area contributed by atoms with Gasteiger partial charge in [-0.1, -0.05) is 18.2 Å². The SMILES string of the molecule is CN1CCCN(C(=O)c2cc(NCc3cc4ccccc4o3)cc(S(=O)(=O)NC(C)(C)C)c2)CC1. The van der Waals surface area contributed by atoms with Gasteiger partial charge in [0.05, 0.1) is 11.4 Å². The van der Waals surface area contributed by atoms with Gasteiger partial charge in [-0.2, -0.15) is 0 Å². The first-order valence-corrected chi connectivity index (χ1v) is 13.4. The molecule has 1 amide bonds. The van der Waals surface area contributed by atoms with Crippen LogP contribution in [0.1, 0.15) is 43.3 Å². The third-order valence-electron chi connectivity index (χ3n) is 5.85.